The maximum Gasteiger partial charge on any atom is 0.0982 e. The number of rotatable bonds is 2. The van der Waals surface area contributed by atoms with Crippen LogP contribution in [0, 0.1) is 11.8 Å². The van der Waals surface area contributed by atoms with Crippen LogP contribution in [0.3, 0.4) is 0 Å². The minimum absolute atomic E-state index is 0.676. The summed E-state index contributed by atoms with van der Waals surface area (Å²) in [6.45, 7) is 14.5. The highest BCUT2D eigenvalue weighted by molar-refractivity contribution is 7.64. The molecule has 0 unspecified atom stereocenters. The Labute approximate surface area is 89.0 Å². The zero-order valence-corrected chi connectivity index (χ0v) is 12.0. The normalized spacial score (nSPS) is 11.6. The van der Waals surface area contributed by atoms with E-state index in [0.717, 1.165) is 0 Å². The lowest BCUT2D eigenvalue weighted by Gasteiger charge is -2.03. The van der Waals surface area contributed by atoms with Gasteiger partial charge >= 0.3 is 0 Å². The van der Waals surface area contributed by atoms with Crippen LogP contribution in [0.25, 0.3) is 0 Å². The lowest BCUT2D eigenvalue weighted by atomic mass is 10.6. The molecule has 0 atom stereocenters. The van der Waals surface area contributed by atoms with Gasteiger partial charge in [0.15, 0.2) is 0 Å². The fourth-order valence-electron chi connectivity index (χ4n) is 0.607. The highest BCUT2D eigenvalue weighted by atomic mass is 31.2. The maximum atomic E-state index is 4.50. The zero-order chi connectivity index (χ0) is 11.2. The molecule has 0 fully saturated rings. The van der Waals surface area contributed by atoms with Crippen LogP contribution in [0.4, 0.5) is 0 Å². The molecule has 0 aliphatic rings. The molecule has 2 nitrogen and oxygen atoms in total. The van der Waals surface area contributed by atoms with Gasteiger partial charge in [0, 0.05) is 0 Å². The van der Waals surface area contributed by atoms with Crippen molar-refractivity contribution in [2.24, 2.45) is 9.49 Å². The van der Waals surface area contributed by atoms with Gasteiger partial charge in [-0.15, -0.1) is 0 Å². The second kappa shape index (κ2) is 5.79. The van der Waals surface area contributed by atoms with Crippen molar-refractivity contribution in [3.8, 4) is 11.8 Å². The highest BCUT2D eigenvalue weighted by Crippen LogP contribution is 2.35. The van der Waals surface area contributed by atoms with Gasteiger partial charge in [-0.2, -0.15) is 0 Å². The van der Waals surface area contributed by atoms with Gasteiger partial charge < -0.3 is 0 Å². The fourth-order valence-corrected chi connectivity index (χ4v) is 1.60. The van der Waals surface area contributed by atoms with Crippen molar-refractivity contribution in [3.63, 3.8) is 0 Å². The molecule has 0 saturated heterocycles. The van der Waals surface area contributed by atoms with Crippen LogP contribution in [0.5, 0.6) is 0 Å². The van der Waals surface area contributed by atoms with E-state index in [1.165, 1.54) is 0 Å². The van der Waals surface area contributed by atoms with Gasteiger partial charge in [0.25, 0.3) is 0 Å². The second-order valence-electron chi connectivity index (χ2n) is 4.84. The Morgan fingerprint density at radius 3 is 1.21 bits per heavy atom. The van der Waals surface area contributed by atoms with Crippen molar-refractivity contribution in [1.82, 2.24) is 0 Å². The summed E-state index contributed by atoms with van der Waals surface area (Å²) in [7, 11) is -2.00. The van der Waals surface area contributed by atoms with Gasteiger partial charge in [0.05, 0.1) is 13.1 Å². The summed E-state index contributed by atoms with van der Waals surface area (Å²) >= 11 is 0. The molecule has 4 heteroatoms. The molecule has 0 heterocycles. The topological polar surface area (TPSA) is 24.7 Å². The summed E-state index contributed by atoms with van der Waals surface area (Å²) in [5.41, 5.74) is 0. The van der Waals surface area contributed by atoms with E-state index in [1.807, 2.05) is 0 Å². The molecule has 0 aromatic heterocycles. The molecule has 0 aromatic rings. The van der Waals surface area contributed by atoms with E-state index >= 15 is 0 Å². The summed E-state index contributed by atoms with van der Waals surface area (Å²) in [6, 6.07) is 0. The Balaban J connectivity index is 4.01. The van der Waals surface area contributed by atoms with Crippen LogP contribution in [-0.4, -0.2) is 53.1 Å². The smallest absolute Gasteiger partial charge is 0.0982 e. The summed E-state index contributed by atoms with van der Waals surface area (Å²) < 4.78 is 8.99. The first-order valence-corrected chi connectivity index (χ1v) is 10.8. The molecular formula is C10H22N2P2. The molecule has 0 N–H and O–H groups in total. The van der Waals surface area contributed by atoms with Crippen molar-refractivity contribution < 1.29 is 0 Å². The lowest BCUT2D eigenvalue weighted by molar-refractivity contribution is 1.28. The maximum absolute atomic E-state index is 4.50. The monoisotopic (exact) mass is 232 g/mol. The Kier molecular flexibility index (Phi) is 5.80. The van der Waals surface area contributed by atoms with Crippen molar-refractivity contribution in [1.29, 1.82) is 0 Å². The summed E-state index contributed by atoms with van der Waals surface area (Å²) in [5.74, 6) is 6.10. The zero-order valence-electron chi connectivity index (χ0n) is 10.2. The molecule has 0 aromatic carbocycles. The van der Waals surface area contributed by atoms with Gasteiger partial charge in [0.2, 0.25) is 0 Å². The van der Waals surface area contributed by atoms with Gasteiger partial charge in [0.1, 0.15) is 0 Å². The van der Waals surface area contributed by atoms with Crippen LogP contribution in [0.1, 0.15) is 0 Å². The molecule has 82 valence electrons. The Bertz CT molecular complexity index is 284. The SMILES string of the molecule is CP(C)(C)=NCC#CCN=P(C)(C)C. The van der Waals surface area contributed by atoms with Crippen molar-refractivity contribution in [2.45, 2.75) is 0 Å². The predicted molar refractivity (Wildman–Crippen MR) is 71.8 cm³/mol. The number of hydrogen-bond acceptors (Lipinski definition) is 2. The van der Waals surface area contributed by atoms with Gasteiger partial charge in [-0.05, 0) is 54.1 Å². The first-order chi connectivity index (χ1) is 6.21. The molecule has 0 rings (SSSR count). The largest absolute Gasteiger partial charge is 0.291 e. The Morgan fingerprint density at radius 1 is 0.714 bits per heavy atom. The average molecular weight is 232 g/mol. The van der Waals surface area contributed by atoms with Gasteiger partial charge in [-0.25, -0.2) is 0 Å². The molecule has 0 bridgehead atoms. The number of nitrogens with zero attached hydrogens (tertiary/aromatic N) is 2. The molecule has 0 amide bonds. The summed E-state index contributed by atoms with van der Waals surface area (Å²) in [4.78, 5) is 0. The van der Waals surface area contributed by atoms with Crippen LogP contribution >= 0.6 is 14.1 Å². The van der Waals surface area contributed by atoms with E-state index in [0.29, 0.717) is 13.1 Å². The van der Waals surface area contributed by atoms with Crippen LogP contribution < -0.4 is 0 Å². The van der Waals surface area contributed by atoms with E-state index in [-0.39, 0.29) is 0 Å². The first-order valence-electron chi connectivity index (χ1n) is 4.67. The molecular weight excluding hydrogens is 210 g/mol. The standard InChI is InChI=1S/C10H22N2P2/c1-13(2,3)11-9-7-8-10-12-14(4,5)6/h9-10H2,1-6H3. The van der Waals surface area contributed by atoms with E-state index < -0.39 is 14.1 Å². The molecule has 0 aliphatic carbocycles. The fraction of sp³-hybridized carbons (Fsp3) is 0.800. The quantitative estimate of drug-likeness (QED) is 0.516. The van der Waals surface area contributed by atoms with E-state index in [4.69, 9.17) is 0 Å². The first kappa shape index (κ1) is 14.0. The van der Waals surface area contributed by atoms with Gasteiger partial charge in [-0.1, -0.05) is 11.8 Å². The third kappa shape index (κ3) is 12.0. The van der Waals surface area contributed by atoms with Crippen molar-refractivity contribution >= 4 is 14.1 Å². The third-order valence-corrected chi connectivity index (χ3v) is 3.25. The van der Waals surface area contributed by atoms with Crippen molar-refractivity contribution in [3.05, 3.63) is 0 Å². The Morgan fingerprint density at radius 2 is 1.00 bits per heavy atom. The average Bonchev–Trinajstić information content (AvgIpc) is 1.92. The summed E-state index contributed by atoms with van der Waals surface area (Å²) in [5, 5.41) is 0. The van der Waals surface area contributed by atoms with Crippen LogP contribution in [-0.2, 0) is 0 Å². The molecule has 14 heavy (non-hydrogen) atoms. The molecule has 0 spiro atoms. The van der Waals surface area contributed by atoms with Gasteiger partial charge in [-0.3, -0.25) is 9.49 Å². The van der Waals surface area contributed by atoms with E-state index in [9.17, 15) is 0 Å². The molecule has 0 aliphatic heterocycles. The third-order valence-electron chi connectivity index (χ3n) is 1.27. The lowest BCUT2D eigenvalue weighted by Crippen LogP contribution is -1.79. The highest BCUT2D eigenvalue weighted by Gasteiger charge is 1.91. The van der Waals surface area contributed by atoms with E-state index in [1.54, 1.807) is 0 Å². The predicted octanol–water partition coefficient (Wildman–Crippen LogP) is 3.17. The van der Waals surface area contributed by atoms with E-state index in [2.05, 4.69) is 61.3 Å². The van der Waals surface area contributed by atoms with Crippen molar-refractivity contribution in [2.75, 3.05) is 53.1 Å². The van der Waals surface area contributed by atoms with Crippen LogP contribution in [0.15, 0.2) is 9.49 Å². The molecule has 0 radical (unpaired) electrons. The number of hydrogen-bond donors (Lipinski definition) is 0. The summed E-state index contributed by atoms with van der Waals surface area (Å²) in [6.07, 6.45) is 0. The minimum atomic E-state index is -0.998. The molecule has 0 saturated carbocycles. The second-order valence-corrected chi connectivity index (χ2v) is 13.2. The minimum Gasteiger partial charge on any atom is -0.291 e. The van der Waals surface area contributed by atoms with Crippen LogP contribution in [0.2, 0.25) is 0 Å². The Hall–Kier alpha value is 0.0200.